The first-order valence-electron chi connectivity index (χ1n) is 13.2. The molecule has 0 saturated carbocycles. The minimum Gasteiger partial charge on any atom is -1.00 e. The van der Waals surface area contributed by atoms with Crippen molar-refractivity contribution in [2.75, 3.05) is 51.4 Å². The molecule has 1 amide bonds. The number of carbonyl (C=O) groups is 2. The van der Waals surface area contributed by atoms with Gasteiger partial charge in [0, 0.05) is 22.6 Å². The van der Waals surface area contributed by atoms with E-state index in [1.54, 1.807) is 6.92 Å². The molecule has 0 radical (unpaired) electrons. The molecule has 0 aliphatic carbocycles. The first-order chi connectivity index (χ1) is 18.3. The smallest absolute Gasteiger partial charge is 0.235 e. The van der Waals surface area contributed by atoms with Crippen molar-refractivity contribution in [1.29, 1.82) is 0 Å². The standard InChI is InChI=1S/C26H33N4O6S3.ClH/c1-15-21-20(16(2)31)24(32)28(21)22(25(33)34)23(15)38-26-27-18-12-17(4-5-19(18)37-26)13-29-6-9-30(10-7-29,11-8-29)14-39(3,35)36;/h4-5,12,15-16,20-21,31H,6-11,13-14H2,1-3H3;1H/q+1;/p-1/t15-,16-,20-,21-,29?,30?;/m1./s1. The van der Waals surface area contributed by atoms with Gasteiger partial charge in [0.25, 0.3) is 0 Å². The first-order valence-corrected chi connectivity index (χ1v) is 16.9. The Morgan fingerprint density at radius 2 is 1.85 bits per heavy atom. The maximum absolute atomic E-state index is 12.6. The highest BCUT2D eigenvalue weighted by Gasteiger charge is 2.59. The number of aliphatic carboxylic acids is 1. The number of aliphatic hydroxyl groups excluding tert-OH is 1. The number of piperazine rings is 3. The van der Waals surface area contributed by atoms with Gasteiger partial charge in [-0.25, -0.2) is 13.4 Å². The number of hydrogen-bond donors (Lipinski definition) is 1. The number of sulfone groups is 1. The number of quaternary nitrogens is 2. The van der Waals surface area contributed by atoms with Gasteiger partial charge in [0.2, 0.25) is 5.91 Å². The number of aromatic nitrogens is 1. The van der Waals surface area contributed by atoms with Crippen LogP contribution in [0.2, 0.25) is 0 Å². The van der Waals surface area contributed by atoms with Gasteiger partial charge in [-0.1, -0.05) is 24.8 Å². The topological polar surface area (TPSA) is 128 Å². The van der Waals surface area contributed by atoms with E-state index in [1.165, 1.54) is 39.8 Å². The number of carbonyl (C=O) groups excluding carboxylic acids is 2. The van der Waals surface area contributed by atoms with E-state index in [0.717, 1.165) is 60.5 Å². The summed E-state index contributed by atoms with van der Waals surface area (Å²) in [6.45, 7) is 9.88. The molecule has 7 rings (SSSR count). The lowest BCUT2D eigenvalue weighted by atomic mass is 9.79. The Labute approximate surface area is 248 Å². The summed E-state index contributed by atoms with van der Waals surface area (Å²) in [7, 11) is -3.02. The van der Waals surface area contributed by atoms with Crippen LogP contribution in [0.4, 0.5) is 0 Å². The molecular weight excluding hydrogens is 596 g/mol. The maximum Gasteiger partial charge on any atom is 0.235 e. The number of fused-ring (bicyclic) bond motifs is 5. The minimum absolute atomic E-state index is 0. The van der Waals surface area contributed by atoms with Crippen LogP contribution in [0.5, 0.6) is 0 Å². The van der Waals surface area contributed by atoms with Gasteiger partial charge < -0.3 is 36.8 Å². The predicted molar refractivity (Wildman–Crippen MR) is 146 cm³/mol. The van der Waals surface area contributed by atoms with Crippen molar-refractivity contribution >= 4 is 55.0 Å². The molecule has 1 aromatic heterocycles. The first kappa shape index (κ1) is 29.7. The zero-order chi connectivity index (χ0) is 27.9. The predicted octanol–water partition coefficient (Wildman–Crippen LogP) is -2.63. The van der Waals surface area contributed by atoms with Crippen LogP contribution in [0.25, 0.3) is 10.2 Å². The maximum atomic E-state index is 12.6. The molecule has 2 bridgehead atoms. The Hall–Kier alpha value is -1.74. The molecule has 218 valence electrons. The van der Waals surface area contributed by atoms with Crippen LogP contribution in [-0.4, -0.2) is 108 Å². The van der Waals surface area contributed by atoms with Crippen molar-refractivity contribution < 1.29 is 49.6 Å². The van der Waals surface area contributed by atoms with Crippen molar-refractivity contribution in [3.63, 3.8) is 0 Å². The number of benzene rings is 1. The quantitative estimate of drug-likeness (QED) is 0.249. The zero-order valence-electron chi connectivity index (χ0n) is 22.6. The Balaban J connectivity index is 0.00000323. The summed E-state index contributed by atoms with van der Waals surface area (Å²) in [5, 5.41) is 22.1. The molecule has 14 heteroatoms. The molecule has 2 aromatic rings. The Morgan fingerprint density at radius 1 is 1.23 bits per heavy atom. The highest BCUT2D eigenvalue weighted by atomic mass is 35.5. The third-order valence-corrected chi connectivity index (χ3v) is 12.5. The van der Waals surface area contributed by atoms with E-state index >= 15 is 0 Å². The van der Waals surface area contributed by atoms with Gasteiger partial charge in [-0.05, 0) is 19.1 Å². The Morgan fingerprint density at radius 3 is 2.42 bits per heavy atom. The van der Waals surface area contributed by atoms with Crippen LogP contribution in [0.1, 0.15) is 19.4 Å². The average Bonchev–Trinajstić information content (AvgIpc) is 3.35. The summed E-state index contributed by atoms with van der Waals surface area (Å²) < 4.78 is 27.3. The number of aliphatic hydroxyl groups is 1. The number of halogens is 1. The number of rotatable bonds is 8. The van der Waals surface area contributed by atoms with Crippen LogP contribution in [0.3, 0.4) is 0 Å². The number of nitrogens with zero attached hydrogens (tertiary/aromatic N) is 4. The second-order valence-electron chi connectivity index (χ2n) is 11.9. The lowest BCUT2D eigenvalue weighted by molar-refractivity contribution is -1.08. The van der Waals surface area contributed by atoms with E-state index in [4.69, 9.17) is 4.98 Å². The van der Waals surface area contributed by atoms with Crippen LogP contribution >= 0.6 is 23.1 Å². The van der Waals surface area contributed by atoms with Crippen LogP contribution in [0.15, 0.2) is 33.1 Å². The Kier molecular flexibility index (Phi) is 7.59. The summed E-state index contributed by atoms with van der Waals surface area (Å²) in [5.74, 6) is -2.38. The number of amides is 1. The molecule has 4 atom stereocenters. The highest BCUT2D eigenvalue weighted by molar-refractivity contribution is 8.04. The fraction of sp³-hybridized carbons (Fsp3) is 0.577. The van der Waals surface area contributed by atoms with E-state index in [9.17, 15) is 28.2 Å². The number of hydrogen-bond acceptors (Lipinski definition) is 9. The molecule has 5 aliphatic heterocycles. The number of thioether (sulfide) groups is 1. The van der Waals surface area contributed by atoms with Crippen LogP contribution < -0.4 is 17.5 Å². The second kappa shape index (κ2) is 10.2. The van der Waals surface area contributed by atoms with Crippen molar-refractivity contribution in [2.24, 2.45) is 11.8 Å². The van der Waals surface area contributed by atoms with E-state index in [0.29, 0.717) is 13.7 Å². The number of β-lactam (4-membered cyclic amide) rings is 1. The number of carboxylic acids is 1. The molecule has 1 aromatic carbocycles. The lowest BCUT2D eigenvalue weighted by Crippen LogP contribution is -3.00. The van der Waals surface area contributed by atoms with Gasteiger partial charge in [0.05, 0.1) is 39.9 Å². The van der Waals surface area contributed by atoms with Gasteiger partial charge in [0.15, 0.2) is 20.1 Å². The zero-order valence-corrected chi connectivity index (χ0v) is 25.8. The van der Waals surface area contributed by atoms with Crippen molar-refractivity contribution in [1.82, 2.24) is 9.88 Å². The molecule has 6 heterocycles. The minimum atomic E-state index is -3.02. The second-order valence-corrected chi connectivity index (χ2v) is 16.3. The van der Waals surface area contributed by atoms with Crippen molar-refractivity contribution in [3.05, 3.63) is 34.4 Å². The highest BCUT2D eigenvalue weighted by Crippen LogP contribution is 2.52. The monoisotopic (exact) mass is 628 g/mol. The summed E-state index contributed by atoms with van der Waals surface area (Å²) in [6.07, 6.45) is 0.480. The molecule has 5 aliphatic rings. The molecule has 4 saturated heterocycles. The molecule has 4 fully saturated rings. The van der Waals surface area contributed by atoms with E-state index in [2.05, 4.69) is 18.2 Å². The summed E-state index contributed by atoms with van der Waals surface area (Å²) in [5.41, 5.74) is 1.94. The van der Waals surface area contributed by atoms with Crippen LogP contribution in [-0.2, 0) is 26.0 Å². The third-order valence-electron chi connectivity index (χ3n) is 9.10. The van der Waals surface area contributed by atoms with Gasteiger partial charge >= 0.3 is 0 Å². The third kappa shape index (κ3) is 4.97. The van der Waals surface area contributed by atoms with Crippen molar-refractivity contribution in [3.8, 4) is 0 Å². The largest absolute Gasteiger partial charge is 1.00 e. The fourth-order valence-electron chi connectivity index (χ4n) is 7.09. The normalized spacial score (nSPS) is 32.1. The van der Waals surface area contributed by atoms with Gasteiger partial charge in [-0.3, -0.25) is 9.28 Å². The molecule has 10 nitrogen and oxygen atoms in total. The van der Waals surface area contributed by atoms with Gasteiger partial charge in [-0.15, -0.1) is 11.3 Å². The van der Waals surface area contributed by atoms with E-state index in [-0.39, 0.29) is 41.8 Å². The number of thiazole rings is 1. The molecule has 40 heavy (non-hydrogen) atoms. The van der Waals surface area contributed by atoms with Crippen molar-refractivity contribution in [2.45, 2.75) is 36.9 Å². The molecular formula is C26H33ClN4O6S3. The average molecular weight is 629 g/mol. The number of carboxylic acid groups (broad SMARTS) is 1. The summed E-state index contributed by atoms with van der Waals surface area (Å²) in [6, 6.07) is 5.92. The fourth-order valence-corrected chi connectivity index (χ4v) is 10.8. The molecule has 0 unspecified atom stereocenters. The SMILES string of the molecule is C[C@@H](O)[C@H]1C(=O)N2C(C(=O)[O-])=C(Sc3nc4cc(C[N+]56CC[N+](CS(C)(=O)=O)(CC5)CC6)ccc4s3)[C@H](C)[C@H]12.[Cl-]. The summed E-state index contributed by atoms with van der Waals surface area (Å²) in [4.78, 5) is 31.3. The Bertz CT molecular complexity index is 1500. The summed E-state index contributed by atoms with van der Waals surface area (Å²) >= 11 is 2.77. The van der Waals surface area contributed by atoms with Gasteiger partial charge in [-0.2, -0.15) is 0 Å². The lowest BCUT2D eigenvalue weighted by Gasteiger charge is -2.55. The van der Waals surface area contributed by atoms with Crippen LogP contribution in [0, 0.1) is 11.8 Å². The van der Waals surface area contributed by atoms with E-state index < -0.39 is 27.8 Å². The molecule has 0 spiro atoms. The molecule has 1 N–H and O–H groups in total. The van der Waals surface area contributed by atoms with E-state index in [1.807, 2.05) is 6.92 Å². The van der Waals surface area contributed by atoms with Gasteiger partial charge in [0.1, 0.15) is 45.8 Å².